The van der Waals surface area contributed by atoms with Crippen molar-refractivity contribution in [1.82, 2.24) is 24.0 Å². The number of aromatic nitrogens is 4. The average Bonchev–Trinajstić information content (AvgIpc) is 2.60. The minimum Gasteiger partial charge on any atom is -0.327 e. The summed E-state index contributed by atoms with van der Waals surface area (Å²) < 4.78 is 2.31. The summed E-state index contributed by atoms with van der Waals surface area (Å²) in [5, 5.41) is 0.0338. The molecule has 1 amide bonds. The molecule has 18 heavy (non-hydrogen) atoms. The number of aryl methyl sites for hydroxylation is 1. The quantitative estimate of drug-likeness (QED) is 0.715. The van der Waals surface area contributed by atoms with Gasteiger partial charge in [0.1, 0.15) is 5.52 Å². The Bertz CT molecular complexity index is 675. The van der Waals surface area contributed by atoms with Gasteiger partial charge < -0.3 is 4.90 Å². The number of fused-ring (bicyclic) bond motifs is 1. The number of rotatable bonds is 1. The summed E-state index contributed by atoms with van der Waals surface area (Å²) in [4.78, 5) is 33.3. The fraction of sp³-hybridized carbons (Fsp3) is 0.400. The van der Waals surface area contributed by atoms with Crippen molar-refractivity contribution in [3.05, 3.63) is 22.0 Å². The first-order valence-electron chi connectivity index (χ1n) is 5.32. The first kappa shape index (κ1) is 12.6. The van der Waals surface area contributed by atoms with Gasteiger partial charge in [-0.3, -0.25) is 4.57 Å². The molecule has 0 aliphatic carbocycles. The number of halogens is 1. The van der Waals surface area contributed by atoms with Crippen molar-refractivity contribution < 1.29 is 4.79 Å². The third-order valence-electron chi connectivity index (χ3n) is 2.75. The second kappa shape index (κ2) is 4.41. The topological polar surface area (TPSA) is 73.0 Å². The number of carbonyl (C=O) groups is 1. The van der Waals surface area contributed by atoms with E-state index in [1.165, 1.54) is 22.7 Å². The number of carbonyl (C=O) groups excluding carboxylic acids is 1. The smallest absolute Gasteiger partial charge is 0.327 e. The SMILES string of the molecule is CCN(C)C(=O)n1c(=O)n(C)c2nc(Cl)ncc21. The molecule has 0 saturated heterocycles. The van der Waals surface area contributed by atoms with Crippen LogP contribution in [0.4, 0.5) is 4.79 Å². The van der Waals surface area contributed by atoms with E-state index in [1.54, 1.807) is 7.05 Å². The highest BCUT2D eigenvalue weighted by molar-refractivity contribution is 6.28. The fourth-order valence-corrected chi connectivity index (χ4v) is 1.71. The summed E-state index contributed by atoms with van der Waals surface area (Å²) in [6.07, 6.45) is 1.37. The monoisotopic (exact) mass is 269 g/mol. The van der Waals surface area contributed by atoms with Crippen LogP contribution in [0.15, 0.2) is 11.0 Å². The Hall–Kier alpha value is -1.89. The number of amides is 1. The largest absolute Gasteiger partial charge is 0.338 e. The van der Waals surface area contributed by atoms with Crippen LogP contribution < -0.4 is 5.69 Å². The highest BCUT2D eigenvalue weighted by atomic mass is 35.5. The predicted octanol–water partition coefficient (Wildman–Crippen LogP) is 0.703. The van der Waals surface area contributed by atoms with E-state index in [4.69, 9.17) is 11.6 Å². The van der Waals surface area contributed by atoms with Gasteiger partial charge in [-0.2, -0.15) is 4.98 Å². The molecular weight excluding hydrogens is 258 g/mol. The molecule has 2 rings (SSSR count). The van der Waals surface area contributed by atoms with Crippen LogP contribution in [0.25, 0.3) is 11.2 Å². The minimum absolute atomic E-state index is 0.0338. The lowest BCUT2D eigenvalue weighted by Crippen LogP contribution is -2.37. The standard InChI is InChI=1S/C10H12ClN5O2/c1-4-14(2)9(17)16-6-5-12-8(11)13-7(6)15(3)10(16)18/h5H,4H2,1-3H3. The number of hydrogen-bond acceptors (Lipinski definition) is 4. The van der Waals surface area contributed by atoms with Crippen molar-refractivity contribution in [3.63, 3.8) is 0 Å². The molecule has 2 aromatic heterocycles. The Kier molecular flexibility index (Phi) is 3.08. The van der Waals surface area contributed by atoms with Crippen molar-refractivity contribution in [2.45, 2.75) is 6.92 Å². The van der Waals surface area contributed by atoms with Gasteiger partial charge in [-0.15, -0.1) is 0 Å². The van der Waals surface area contributed by atoms with Crippen LogP contribution in [0.5, 0.6) is 0 Å². The highest BCUT2D eigenvalue weighted by Gasteiger charge is 2.20. The Morgan fingerprint density at radius 2 is 2.22 bits per heavy atom. The van der Waals surface area contributed by atoms with Gasteiger partial charge in [0.05, 0.1) is 6.20 Å². The van der Waals surface area contributed by atoms with Crippen molar-refractivity contribution in [1.29, 1.82) is 0 Å². The van der Waals surface area contributed by atoms with Crippen LogP contribution in [0.2, 0.25) is 5.28 Å². The van der Waals surface area contributed by atoms with Crippen molar-refractivity contribution in [2.24, 2.45) is 7.05 Å². The van der Waals surface area contributed by atoms with Gasteiger partial charge in [-0.05, 0) is 18.5 Å². The number of nitrogens with zero attached hydrogens (tertiary/aromatic N) is 5. The van der Waals surface area contributed by atoms with Gasteiger partial charge in [-0.1, -0.05) is 0 Å². The summed E-state index contributed by atoms with van der Waals surface area (Å²) in [6, 6.07) is -0.418. The fourth-order valence-electron chi connectivity index (χ4n) is 1.58. The molecule has 0 fully saturated rings. The van der Waals surface area contributed by atoms with Crippen LogP contribution in [-0.4, -0.2) is 43.6 Å². The van der Waals surface area contributed by atoms with E-state index in [-0.39, 0.29) is 5.28 Å². The van der Waals surface area contributed by atoms with E-state index < -0.39 is 11.7 Å². The Balaban J connectivity index is 2.76. The summed E-state index contributed by atoms with van der Waals surface area (Å²) in [5.74, 6) is 0. The van der Waals surface area contributed by atoms with Gasteiger partial charge in [0.2, 0.25) is 5.28 Å². The molecule has 0 unspecified atom stereocenters. The third kappa shape index (κ3) is 1.76. The van der Waals surface area contributed by atoms with E-state index in [2.05, 4.69) is 9.97 Å². The number of imidazole rings is 1. The normalized spacial score (nSPS) is 10.9. The highest BCUT2D eigenvalue weighted by Crippen LogP contribution is 2.11. The summed E-state index contributed by atoms with van der Waals surface area (Å²) in [5.41, 5.74) is 0.210. The summed E-state index contributed by atoms with van der Waals surface area (Å²) in [7, 11) is 3.15. The number of hydrogen-bond donors (Lipinski definition) is 0. The van der Waals surface area contributed by atoms with E-state index in [9.17, 15) is 9.59 Å². The van der Waals surface area contributed by atoms with Crippen LogP contribution in [0.3, 0.4) is 0 Å². The molecule has 2 heterocycles. The van der Waals surface area contributed by atoms with E-state index in [0.29, 0.717) is 17.7 Å². The summed E-state index contributed by atoms with van der Waals surface area (Å²) in [6.45, 7) is 2.32. The van der Waals surface area contributed by atoms with Gasteiger partial charge >= 0.3 is 11.7 Å². The van der Waals surface area contributed by atoms with E-state index in [1.807, 2.05) is 6.92 Å². The molecule has 0 bridgehead atoms. The van der Waals surface area contributed by atoms with Gasteiger partial charge in [-0.25, -0.2) is 19.1 Å². The van der Waals surface area contributed by atoms with Gasteiger partial charge in [0, 0.05) is 20.6 Å². The lowest BCUT2D eigenvalue weighted by Gasteiger charge is -2.13. The van der Waals surface area contributed by atoms with Gasteiger partial charge in [0.25, 0.3) is 0 Å². The van der Waals surface area contributed by atoms with Crippen molar-refractivity contribution >= 4 is 28.8 Å². The zero-order valence-corrected chi connectivity index (χ0v) is 11.0. The second-order valence-corrected chi connectivity index (χ2v) is 4.16. The molecular formula is C10H12ClN5O2. The third-order valence-corrected chi connectivity index (χ3v) is 2.93. The lowest BCUT2D eigenvalue weighted by molar-refractivity contribution is 0.212. The molecule has 0 aromatic carbocycles. The van der Waals surface area contributed by atoms with Crippen LogP contribution >= 0.6 is 11.6 Å². The molecule has 0 radical (unpaired) electrons. The minimum atomic E-state index is -0.466. The van der Waals surface area contributed by atoms with Gasteiger partial charge in [0.15, 0.2) is 5.65 Å². The molecule has 0 aliphatic rings. The Morgan fingerprint density at radius 1 is 1.56 bits per heavy atom. The summed E-state index contributed by atoms with van der Waals surface area (Å²) >= 11 is 5.68. The average molecular weight is 270 g/mol. The Labute approximate surface area is 108 Å². The van der Waals surface area contributed by atoms with Crippen LogP contribution in [0.1, 0.15) is 6.92 Å². The predicted molar refractivity (Wildman–Crippen MR) is 66.9 cm³/mol. The van der Waals surface area contributed by atoms with Crippen LogP contribution in [-0.2, 0) is 7.05 Å². The Morgan fingerprint density at radius 3 is 2.83 bits per heavy atom. The first-order chi connectivity index (χ1) is 8.47. The molecule has 7 nitrogen and oxygen atoms in total. The molecule has 8 heteroatoms. The second-order valence-electron chi connectivity index (χ2n) is 3.82. The molecule has 0 atom stereocenters. The molecule has 96 valence electrons. The maximum Gasteiger partial charge on any atom is 0.338 e. The van der Waals surface area contributed by atoms with E-state index >= 15 is 0 Å². The zero-order chi connectivity index (χ0) is 13.4. The first-order valence-corrected chi connectivity index (χ1v) is 5.70. The maximum atomic E-state index is 12.1. The molecule has 0 aliphatic heterocycles. The van der Waals surface area contributed by atoms with Crippen LogP contribution in [0, 0.1) is 0 Å². The molecule has 0 spiro atoms. The lowest BCUT2D eigenvalue weighted by atomic mass is 10.5. The molecule has 2 aromatic rings. The van der Waals surface area contributed by atoms with Crippen molar-refractivity contribution in [3.8, 4) is 0 Å². The molecule has 0 saturated carbocycles. The zero-order valence-electron chi connectivity index (χ0n) is 10.2. The van der Waals surface area contributed by atoms with Crippen molar-refractivity contribution in [2.75, 3.05) is 13.6 Å². The maximum absolute atomic E-state index is 12.1. The molecule has 0 N–H and O–H groups in total. The van der Waals surface area contributed by atoms with E-state index in [0.717, 1.165) is 4.57 Å².